The average Bonchev–Trinajstić information content (AvgIpc) is 3.00. The molecule has 4 heteroatoms. The predicted molar refractivity (Wildman–Crippen MR) is 87.8 cm³/mol. The number of aromatic nitrogens is 1. The van der Waals surface area contributed by atoms with E-state index in [4.69, 9.17) is 10.7 Å². The number of fused-ring (bicyclic) bond motifs is 1. The summed E-state index contributed by atoms with van der Waals surface area (Å²) in [6.45, 7) is 6.61. The fraction of sp³-hybridized carbons (Fsp3) is 0.562. The molecule has 2 aromatic rings. The number of thiophene rings is 1. The maximum Gasteiger partial charge on any atom is 0.0947 e. The smallest absolute Gasteiger partial charge is 0.0947 e. The van der Waals surface area contributed by atoms with E-state index in [0.717, 1.165) is 11.4 Å². The molecule has 2 heterocycles. The van der Waals surface area contributed by atoms with Crippen molar-refractivity contribution in [3.63, 3.8) is 0 Å². The number of hydrogen-bond donors (Lipinski definition) is 1. The van der Waals surface area contributed by atoms with E-state index < -0.39 is 0 Å². The first-order chi connectivity index (χ1) is 9.43. The molecule has 0 spiro atoms. The Labute approximate surface area is 129 Å². The second kappa shape index (κ2) is 5.24. The van der Waals surface area contributed by atoms with Crippen molar-refractivity contribution >= 4 is 22.7 Å². The molecule has 0 fully saturated rings. The molecule has 0 amide bonds. The fourth-order valence-electron chi connectivity index (χ4n) is 2.57. The van der Waals surface area contributed by atoms with Crippen LogP contribution in [0.3, 0.4) is 0 Å². The molecule has 1 aliphatic carbocycles. The van der Waals surface area contributed by atoms with Crippen LogP contribution in [-0.2, 0) is 24.7 Å². The first kappa shape index (κ1) is 14.2. The Morgan fingerprint density at radius 1 is 1.35 bits per heavy atom. The summed E-state index contributed by atoms with van der Waals surface area (Å²) in [4.78, 5) is 7.65. The summed E-state index contributed by atoms with van der Waals surface area (Å²) in [7, 11) is 0. The lowest BCUT2D eigenvalue weighted by atomic mass is 9.93. The maximum absolute atomic E-state index is 6.38. The number of hydrogen-bond acceptors (Lipinski definition) is 4. The minimum atomic E-state index is 0.101. The molecule has 0 radical (unpaired) electrons. The van der Waals surface area contributed by atoms with Crippen molar-refractivity contribution in [2.45, 2.75) is 57.9 Å². The molecule has 0 aromatic carbocycles. The van der Waals surface area contributed by atoms with Crippen LogP contribution in [0.5, 0.6) is 0 Å². The van der Waals surface area contributed by atoms with Gasteiger partial charge < -0.3 is 5.73 Å². The Bertz CT molecular complexity index is 583. The second-order valence-electron chi connectivity index (χ2n) is 6.64. The van der Waals surface area contributed by atoms with Crippen LogP contribution < -0.4 is 5.73 Å². The van der Waals surface area contributed by atoms with Gasteiger partial charge in [0, 0.05) is 33.0 Å². The summed E-state index contributed by atoms with van der Waals surface area (Å²) in [5.74, 6) is 0. The molecule has 2 aromatic heterocycles. The van der Waals surface area contributed by atoms with Gasteiger partial charge in [0.2, 0.25) is 0 Å². The summed E-state index contributed by atoms with van der Waals surface area (Å²) in [5, 5.41) is 3.34. The third kappa shape index (κ3) is 2.83. The molecule has 1 aliphatic rings. The van der Waals surface area contributed by atoms with Crippen LogP contribution in [0.1, 0.15) is 59.3 Å². The Balaban J connectivity index is 1.72. The fourth-order valence-corrected chi connectivity index (χ4v) is 4.91. The van der Waals surface area contributed by atoms with Gasteiger partial charge in [-0.2, -0.15) is 0 Å². The molecule has 0 bridgehead atoms. The molecule has 108 valence electrons. The summed E-state index contributed by atoms with van der Waals surface area (Å²) in [6.07, 6.45) is 4.67. The van der Waals surface area contributed by atoms with Crippen molar-refractivity contribution in [2.24, 2.45) is 5.73 Å². The summed E-state index contributed by atoms with van der Waals surface area (Å²) < 4.78 is 0. The van der Waals surface area contributed by atoms with Gasteiger partial charge in [-0.1, -0.05) is 20.8 Å². The largest absolute Gasteiger partial charge is 0.323 e. The lowest BCUT2D eigenvalue weighted by molar-refractivity contribution is 0.569. The Morgan fingerprint density at radius 3 is 2.80 bits per heavy atom. The van der Waals surface area contributed by atoms with Gasteiger partial charge in [0.15, 0.2) is 0 Å². The second-order valence-corrected chi connectivity index (χ2v) is 8.75. The van der Waals surface area contributed by atoms with E-state index >= 15 is 0 Å². The standard InChI is InChI=1S/C16H22N2S2/c1-16(2,3)14-9-19-15(18-14)8-11(17)13-7-10-5-4-6-12(10)20-13/h7,9,11H,4-6,8,17H2,1-3H3. The van der Waals surface area contributed by atoms with Gasteiger partial charge in [-0.15, -0.1) is 22.7 Å². The van der Waals surface area contributed by atoms with Crippen molar-refractivity contribution in [3.05, 3.63) is 37.5 Å². The minimum Gasteiger partial charge on any atom is -0.323 e. The molecule has 1 unspecified atom stereocenters. The highest BCUT2D eigenvalue weighted by molar-refractivity contribution is 7.12. The van der Waals surface area contributed by atoms with Gasteiger partial charge in [0.05, 0.1) is 10.7 Å². The topological polar surface area (TPSA) is 38.9 Å². The number of aryl methyl sites for hydroxylation is 2. The molecule has 3 rings (SSSR count). The van der Waals surface area contributed by atoms with Gasteiger partial charge in [-0.3, -0.25) is 0 Å². The van der Waals surface area contributed by atoms with E-state index in [1.54, 1.807) is 16.2 Å². The summed E-state index contributed by atoms with van der Waals surface area (Å²) in [6, 6.07) is 2.43. The molecular formula is C16H22N2S2. The molecule has 20 heavy (non-hydrogen) atoms. The van der Waals surface area contributed by atoms with Gasteiger partial charge >= 0.3 is 0 Å². The number of nitrogens with zero attached hydrogens (tertiary/aromatic N) is 1. The van der Waals surface area contributed by atoms with Crippen LogP contribution in [0.4, 0.5) is 0 Å². The Hall–Kier alpha value is -0.710. The third-order valence-corrected chi connectivity index (χ3v) is 6.09. The molecule has 2 N–H and O–H groups in total. The SMILES string of the molecule is CC(C)(C)c1csc(CC(N)c2cc3c(s2)CCC3)n1. The monoisotopic (exact) mass is 306 g/mol. The number of rotatable bonds is 3. The average molecular weight is 307 g/mol. The molecule has 2 nitrogen and oxygen atoms in total. The number of nitrogens with two attached hydrogens (primary N) is 1. The van der Waals surface area contributed by atoms with Gasteiger partial charge in [-0.05, 0) is 30.9 Å². The summed E-state index contributed by atoms with van der Waals surface area (Å²) in [5.41, 5.74) is 9.23. The van der Waals surface area contributed by atoms with E-state index in [1.807, 2.05) is 11.3 Å². The van der Waals surface area contributed by atoms with E-state index in [2.05, 4.69) is 32.2 Å². The predicted octanol–water partition coefficient (Wildman–Crippen LogP) is 4.23. The van der Waals surface area contributed by atoms with Crippen molar-refractivity contribution in [2.75, 3.05) is 0 Å². The first-order valence-electron chi connectivity index (χ1n) is 7.25. The van der Waals surface area contributed by atoms with E-state index in [0.29, 0.717) is 0 Å². The van der Waals surface area contributed by atoms with Crippen LogP contribution in [0.2, 0.25) is 0 Å². The van der Waals surface area contributed by atoms with Crippen molar-refractivity contribution in [3.8, 4) is 0 Å². The maximum atomic E-state index is 6.38. The van der Waals surface area contributed by atoms with Gasteiger partial charge in [0.25, 0.3) is 0 Å². The van der Waals surface area contributed by atoms with Crippen molar-refractivity contribution in [1.29, 1.82) is 0 Å². The zero-order chi connectivity index (χ0) is 14.3. The lowest BCUT2D eigenvalue weighted by Gasteiger charge is -2.14. The minimum absolute atomic E-state index is 0.101. The molecule has 0 saturated heterocycles. The first-order valence-corrected chi connectivity index (χ1v) is 8.95. The highest BCUT2D eigenvalue weighted by atomic mass is 32.1. The highest BCUT2D eigenvalue weighted by Gasteiger charge is 2.21. The zero-order valence-electron chi connectivity index (χ0n) is 12.4. The normalized spacial score (nSPS) is 16.4. The molecule has 0 aliphatic heterocycles. The van der Waals surface area contributed by atoms with Crippen molar-refractivity contribution < 1.29 is 0 Å². The van der Waals surface area contributed by atoms with Crippen LogP contribution in [0, 0.1) is 0 Å². The van der Waals surface area contributed by atoms with Crippen LogP contribution in [0.25, 0.3) is 0 Å². The van der Waals surface area contributed by atoms with Crippen LogP contribution in [0.15, 0.2) is 11.4 Å². The summed E-state index contributed by atoms with van der Waals surface area (Å²) >= 11 is 3.66. The van der Waals surface area contributed by atoms with E-state index in [1.165, 1.54) is 35.4 Å². The molecule has 1 atom stereocenters. The zero-order valence-corrected chi connectivity index (χ0v) is 14.0. The Morgan fingerprint density at radius 2 is 2.15 bits per heavy atom. The molecular weight excluding hydrogens is 284 g/mol. The van der Waals surface area contributed by atoms with Gasteiger partial charge in [0.1, 0.15) is 0 Å². The van der Waals surface area contributed by atoms with E-state index in [-0.39, 0.29) is 11.5 Å². The Kier molecular flexibility index (Phi) is 3.73. The van der Waals surface area contributed by atoms with E-state index in [9.17, 15) is 0 Å². The number of thiazole rings is 1. The van der Waals surface area contributed by atoms with Gasteiger partial charge in [-0.25, -0.2) is 4.98 Å². The molecule has 0 saturated carbocycles. The van der Waals surface area contributed by atoms with Crippen molar-refractivity contribution in [1.82, 2.24) is 4.98 Å². The van der Waals surface area contributed by atoms with Crippen LogP contribution >= 0.6 is 22.7 Å². The quantitative estimate of drug-likeness (QED) is 0.921. The lowest BCUT2D eigenvalue weighted by Crippen LogP contribution is -2.14. The highest BCUT2D eigenvalue weighted by Crippen LogP contribution is 2.34. The third-order valence-electron chi connectivity index (χ3n) is 3.85. The van der Waals surface area contributed by atoms with Crippen LogP contribution in [-0.4, -0.2) is 4.98 Å².